The van der Waals surface area contributed by atoms with Crippen molar-refractivity contribution < 1.29 is 0 Å². The first-order chi connectivity index (χ1) is 8.66. The Morgan fingerprint density at radius 2 is 1.95 bits per heavy atom. The standard InChI is InChI=1S/C14H27ClN4/c1-10(2)12-11(13(15)19(7)17-12)8-16-9-14(3,4)18(5)6/h10,16H,8-9H2,1-7H3. The molecule has 0 aromatic carbocycles. The zero-order chi connectivity index (χ0) is 14.8. The van der Waals surface area contributed by atoms with Crippen molar-refractivity contribution in [1.29, 1.82) is 0 Å². The molecule has 0 saturated heterocycles. The smallest absolute Gasteiger partial charge is 0.131 e. The molecule has 0 unspecified atom stereocenters. The number of hydrogen-bond acceptors (Lipinski definition) is 3. The summed E-state index contributed by atoms with van der Waals surface area (Å²) in [6.07, 6.45) is 0. The van der Waals surface area contributed by atoms with Crippen molar-refractivity contribution in [3.05, 3.63) is 16.4 Å². The summed E-state index contributed by atoms with van der Waals surface area (Å²) in [5.41, 5.74) is 2.32. The predicted octanol–water partition coefficient (Wildman–Crippen LogP) is 2.63. The van der Waals surface area contributed by atoms with Crippen molar-refractivity contribution in [3.8, 4) is 0 Å². The van der Waals surface area contributed by atoms with E-state index in [4.69, 9.17) is 11.6 Å². The molecule has 0 aliphatic heterocycles. The maximum atomic E-state index is 6.32. The molecule has 0 atom stereocenters. The molecule has 0 aliphatic rings. The number of hydrogen-bond donors (Lipinski definition) is 1. The monoisotopic (exact) mass is 286 g/mol. The Morgan fingerprint density at radius 3 is 2.42 bits per heavy atom. The third kappa shape index (κ3) is 3.94. The van der Waals surface area contributed by atoms with E-state index in [0.717, 1.165) is 29.5 Å². The van der Waals surface area contributed by atoms with Crippen molar-refractivity contribution in [2.24, 2.45) is 7.05 Å². The van der Waals surface area contributed by atoms with Gasteiger partial charge in [-0.05, 0) is 33.9 Å². The van der Waals surface area contributed by atoms with E-state index >= 15 is 0 Å². The van der Waals surface area contributed by atoms with Gasteiger partial charge in [0.05, 0.1) is 5.69 Å². The van der Waals surface area contributed by atoms with Gasteiger partial charge in [-0.25, -0.2) is 0 Å². The summed E-state index contributed by atoms with van der Waals surface area (Å²) in [4.78, 5) is 2.22. The van der Waals surface area contributed by atoms with Crippen LogP contribution in [-0.4, -0.2) is 40.9 Å². The lowest BCUT2D eigenvalue weighted by atomic mass is 10.0. The van der Waals surface area contributed by atoms with E-state index in [-0.39, 0.29) is 5.54 Å². The second-order valence-electron chi connectivity index (χ2n) is 6.24. The lowest BCUT2D eigenvalue weighted by molar-refractivity contribution is 0.189. The van der Waals surface area contributed by atoms with E-state index in [2.05, 4.69) is 57.1 Å². The van der Waals surface area contributed by atoms with Crippen LogP contribution in [0.5, 0.6) is 0 Å². The molecule has 0 radical (unpaired) electrons. The Balaban J connectivity index is 2.73. The largest absolute Gasteiger partial charge is 0.311 e. The third-order valence-corrected chi connectivity index (χ3v) is 4.19. The predicted molar refractivity (Wildman–Crippen MR) is 81.8 cm³/mol. The quantitative estimate of drug-likeness (QED) is 0.873. The minimum Gasteiger partial charge on any atom is -0.311 e. The highest BCUT2D eigenvalue weighted by Crippen LogP contribution is 2.25. The molecular weight excluding hydrogens is 260 g/mol. The summed E-state index contributed by atoms with van der Waals surface area (Å²) in [5, 5.41) is 8.72. The van der Waals surface area contributed by atoms with Gasteiger partial charge >= 0.3 is 0 Å². The van der Waals surface area contributed by atoms with E-state index in [1.807, 2.05) is 7.05 Å². The van der Waals surface area contributed by atoms with E-state index in [9.17, 15) is 0 Å². The number of nitrogens with zero attached hydrogens (tertiary/aromatic N) is 3. The minimum atomic E-state index is 0.118. The number of halogens is 1. The Kier molecular flexibility index (Phi) is 5.42. The van der Waals surface area contributed by atoms with Gasteiger partial charge in [0.1, 0.15) is 5.15 Å². The summed E-state index contributed by atoms with van der Waals surface area (Å²) >= 11 is 6.32. The second kappa shape index (κ2) is 6.25. The average Bonchev–Trinajstić information content (AvgIpc) is 2.57. The van der Waals surface area contributed by atoms with Crippen LogP contribution in [0.15, 0.2) is 0 Å². The lowest BCUT2D eigenvalue weighted by Crippen LogP contribution is -2.46. The van der Waals surface area contributed by atoms with Crippen molar-refractivity contribution in [3.63, 3.8) is 0 Å². The number of aryl methyl sites for hydroxylation is 1. The molecule has 0 saturated carbocycles. The fourth-order valence-corrected chi connectivity index (χ4v) is 2.05. The Hall–Kier alpha value is -0.580. The lowest BCUT2D eigenvalue weighted by Gasteiger charge is -2.32. The fourth-order valence-electron chi connectivity index (χ4n) is 1.85. The topological polar surface area (TPSA) is 33.1 Å². The van der Waals surface area contributed by atoms with Crippen LogP contribution in [0.3, 0.4) is 0 Å². The average molecular weight is 287 g/mol. The van der Waals surface area contributed by atoms with Crippen LogP contribution in [0.25, 0.3) is 0 Å². The molecule has 19 heavy (non-hydrogen) atoms. The molecular formula is C14H27ClN4. The molecule has 110 valence electrons. The first-order valence-electron chi connectivity index (χ1n) is 6.76. The summed E-state index contributed by atoms with van der Waals surface area (Å²) in [5.74, 6) is 0.386. The molecule has 0 amide bonds. The van der Waals surface area contributed by atoms with Gasteiger partial charge in [0.2, 0.25) is 0 Å². The molecule has 4 nitrogen and oxygen atoms in total. The maximum Gasteiger partial charge on any atom is 0.131 e. The van der Waals surface area contributed by atoms with E-state index in [0.29, 0.717) is 5.92 Å². The Labute approximate surface area is 122 Å². The van der Waals surface area contributed by atoms with E-state index in [1.54, 1.807) is 4.68 Å². The molecule has 1 aromatic heterocycles. The number of aromatic nitrogens is 2. The van der Waals surface area contributed by atoms with Gasteiger partial charge in [-0.2, -0.15) is 5.10 Å². The summed E-state index contributed by atoms with van der Waals surface area (Å²) in [7, 11) is 6.08. The summed E-state index contributed by atoms with van der Waals surface area (Å²) in [6, 6.07) is 0. The molecule has 0 bridgehead atoms. The number of likely N-dealkylation sites (N-methyl/N-ethyl adjacent to an activating group) is 1. The fraction of sp³-hybridized carbons (Fsp3) is 0.786. The Morgan fingerprint density at radius 1 is 1.37 bits per heavy atom. The van der Waals surface area contributed by atoms with Crippen molar-refractivity contribution in [1.82, 2.24) is 20.0 Å². The van der Waals surface area contributed by atoms with Crippen LogP contribution in [0.4, 0.5) is 0 Å². The van der Waals surface area contributed by atoms with Gasteiger partial charge < -0.3 is 10.2 Å². The van der Waals surface area contributed by atoms with E-state index in [1.165, 1.54) is 0 Å². The number of nitrogens with one attached hydrogen (secondary N) is 1. The molecule has 1 aromatic rings. The van der Waals surface area contributed by atoms with Gasteiger partial charge in [-0.15, -0.1) is 0 Å². The maximum absolute atomic E-state index is 6.32. The van der Waals surface area contributed by atoms with Crippen LogP contribution < -0.4 is 5.32 Å². The van der Waals surface area contributed by atoms with Crippen LogP contribution in [0.2, 0.25) is 5.15 Å². The van der Waals surface area contributed by atoms with Crippen molar-refractivity contribution >= 4 is 11.6 Å². The zero-order valence-corrected chi connectivity index (χ0v) is 14.0. The van der Waals surface area contributed by atoms with Gasteiger partial charge in [0, 0.05) is 31.2 Å². The van der Waals surface area contributed by atoms with Crippen LogP contribution in [0, 0.1) is 0 Å². The summed E-state index contributed by atoms with van der Waals surface area (Å²) < 4.78 is 1.75. The second-order valence-corrected chi connectivity index (χ2v) is 6.60. The summed E-state index contributed by atoms with van der Waals surface area (Å²) in [6.45, 7) is 10.4. The highest BCUT2D eigenvalue weighted by Gasteiger charge is 2.21. The van der Waals surface area contributed by atoms with Crippen molar-refractivity contribution in [2.75, 3.05) is 20.6 Å². The van der Waals surface area contributed by atoms with Crippen LogP contribution in [0.1, 0.15) is 44.9 Å². The highest BCUT2D eigenvalue weighted by molar-refractivity contribution is 6.30. The van der Waals surface area contributed by atoms with Gasteiger partial charge in [-0.3, -0.25) is 4.68 Å². The first kappa shape index (κ1) is 16.5. The Bertz CT molecular complexity index is 421. The highest BCUT2D eigenvalue weighted by atomic mass is 35.5. The zero-order valence-electron chi connectivity index (χ0n) is 13.2. The van der Waals surface area contributed by atoms with E-state index < -0.39 is 0 Å². The molecule has 0 aliphatic carbocycles. The van der Waals surface area contributed by atoms with Gasteiger partial charge in [0.25, 0.3) is 0 Å². The molecule has 0 spiro atoms. The van der Waals surface area contributed by atoms with Crippen LogP contribution >= 0.6 is 11.6 Å². The molecule has 1 rings (SSSR count). The van der Waals surface area contributed by atoms with Gasteiger partial charge in [0.15, 0.2) is 0 Å². The van der Waals surface area contributed by atoms with Crippen LogP contribution in [-0.2, 0) is 13.6 Å². The SMILES string of the molecule is CC(C)c1nn(C)c(Cl)c1CNCC(C)(C)N(C)C. The van der Waals surface area contributed by atoms with Crippen molar-refractivity contribution in [2.45, 2.75) is 45.7 Å². The number of rotatable bonds is 6. The molecule has 1 heterocycles. The molecule has 1 N–H and O–H groups in total. The first-order valence-corrected chi connectivity index (χ1v) is 7.14. The minimum absolute atomic E-state index is 0.118. The third-order valence-electron chi connectivity index (χ3n) is 3.72. The van der Waals surface area contributed by atoms with Gasteiger partial charge in [-0.1, -0.05) is 25.4 Å². The molecule has 0 fully saturated rings. The molecule has 5 heteroatoms. The normalized spacial score (nSPS) is 12.7.